The van der Waals surface area contributed by atoms with Crippen molar-refractivity contribution in [1.29, 1.82) is 0 Å². The second-order valence-corrected chi connectivity index (χ2v) is 10.3. The molecule has 0 spiro atoms. The zero-order valence-corrected chi connectivity index (χ0v) is 16.3. The highest BCUT2D eigenvalue weighted by molar-refractivity contribution is 5.34. The molecule has 6 heteroatoms. The van der Waals surface area contributed by atoms with Crippen LogP contribution in [0.3, 0.4) is 0 Å². The summed E-state index contributed by atoms with van der Waals surface area (Å²) >= 11 is 0. The van der Waals surface area contributed by atoms with Crippen LogP contribution in [0.25, 0.3) is 5.78 Å². The maximum absolute atomic E-state index is 10.7. The average Bonchev–Trinajstić information content (AvgIpc) is 3.21. The van der Waals surface area contributed by atoms with Gasteiger partial charge in [-0.1, -0.05) is 18.9 Å². The van der Waals surface area contributed by atoms with E-state index in [1.54, 1.807) is 4.52 Å². The summed E-state index contributed by atoms with van der Waals surface area (Å²) in [5.74, 6) is 3.61. The Hall–Kier alpha value is -1.56. The molecule has 6 rings (SSSR count). The minimum absolute atomic E-state index is 0.0849. The molecule has 4 aliphatic rings. The first kappa shape index (κ1) is 16.4. The molecule has 144 valence electrons. The molecule has 0 radical (unpaired) electrons. The fourth-order valence-corrected chi connectivity index (χ4v) is 7.85. The third-order valence-corrected chi connectivity index (χ3v) is 9.39. The SMILES string of the molecule is C[C@]12Cc3cn4nnnc4nc3C[C@@H]1CC[C@H]1[C@H]2CC[C@@]2(C)[C@@H](O)CC[C@@H]12. The molecule has 0 aliphatic heterocycles. The van der Waals surface area contributed by atoms with Crippen molar-refractivity contribution in [3.8, 4) is 0 Å². The van der Waals surface area contributed by atoms with Crippen molar-refractivity contribution in [2.24, 2.45) is 34.5 Å². The van der Waals surface area contributed by atoms with Crippen molar-refractivity contribution in [1.82, 2.24) is 25.0 Å². The van der Waals surface area contributed by atoms with Gasteiger partial charge in [0, 0.05) is 11.9 Å². The molecule has 0 bridgehead atoms. The third-order valence-electron chi connectivity index (χ3n) is 9.39. The number of nitrogens with zero attached hydrogens (tertiary/aromatic N) is 5. The van der Waals surface area contributed by atoms with Gasteiger partial charge >= 0.3 is 0 Å². The Labute approximate surface area is 159 Å². The fourth-order valence-electron chi connectivity index (χ4n) is 7.85. The lowest BCUT2D eigenvalue weighted by Crippen LogP contribution is -2.54. The Morgan fingerprint density at radius 2 is 1.93 bits per heavy atom. The summed E-state index contributed by atoms with van der Waals surface area (Å²) in [7, 11) is 0. The minimum Gasteiger partial charge on any atom is -0.393 e. The number of aliphatic hydroxyl groups excluding tert-OH is 1. The highest BCUT2D eigenvalue weighted by Crippen LogP contribution is 2.65. The van der Waals surface area contributed by atoms with E-state index in [9.17, 15) is 5.11 Å². The highest BCUT2D eigenvalue weighted by Gasteiger charge is 2.60. The van der Waals surface area contributed by atoms with Gasteiger partial charge in [-0.3, -0.25) is 0 Å². The number of aromatic nitrogens is 5. The van der Waals surface area contributed by atoms with Gasteiger partial charge in [0.1, 0.15) is 0 Å². The smallest absolute Gasteiger partial charge is 0.273 e. The van der Waals surface area contributed by atoms with Crippen LogP contribution in [0.4, 0.5) is 0 Å². The van der Waals surface area contributed by atoms with Crippen molar-refractivity contribution >= 4 is 5.78 Å². The molecule has 0 aromatic carbocycles. The van der Waals surface area contributed by atoms with Gasteiger partial charge in [0.2, 0.25) is 0 Å². The number of hydrogen-bond acceptors (Lipinski definition) is 5. The van der Waals surface area contributed by atoms with Gasteiger partial charge in [-0.15, -0.1) is 0 Å². The van der Waals surface area contributed by atoms with Crippen molar-refractivity contribution in [2.45, 2.75) is 71.3 Å². The molecule has 27 heavy (non-hydrogen) atoms. The molecule has 6 nitrogen and oxygen atoms in total. The van der Waals surface area contributed by atoms with Gasteiger partial charge in [-0.2, -0.15) is 4.52 Å². The molecular formula is C21H29N5O. The molecule has 1 N–H and O–H groups in total. The number of tetrazole rings is 1. The molecule has 2 aromatic heterocycles. The molecule has 0 unspecified atom stereocenters. The van der Waals surface area contributed by atoms with E-state index >= 15 is 0 Å². The van der Waals surface area contributed by atoms with E-state index in [1.165, 1.54) is 43.4 Å². The van der Waals surface area contributed by atoms with Crippen molar-refractivity contribution in [3.05, 3.63) is 17.5 Å². The maximum atomic E-state index is 10.7. The minimum atomic E-state index is -0.0849. The van der Waals surface area contributed by atoms with Crippen molar-refractivity contribution in [3.63, 3.8) is 0 Å². The number of rotatable bonds is 0. The molecule has 4 aliphatic carbocycles. The molecule has 3 saturated carbocycles. The standard InChI is InChI=1S/C21H29N5O/c1-20-8-7-16-14(15(20)5-6-18(20)27)4-3-13-9-17-12(10-21(13,16)2)11-26-19(22-17)23-24-25-26/h11,13-16,18,27H,3-10H2,1-2H3/t13-,14+,15-,16+,18-,20+,21-/m0/s1. The average molecular weight is 367 g/mol. The first-order valence-electron chi connectivity index (χ1n) is 10.7. The van der Waals surface area contributed by atoms with Gasteiger partial charge in [0.25, 0.3) is 5.78 Å². The van der Waals surface area contributed by atoms with Crippen LogP contribution < -0.4 is 0 Å². The second-order valence-electron chi connectivity index (χ2n) is 10.3. The van der Waals surface area contributed by atoms with E-state index in [2.05, 4.69) is 35.6 Å². The van der Waals surface area contributed by atoms with E-state index in [0.29, 0.717) is 23.0 Å². The van der Waals surface area contributed by atoms with Crippen LogP contribution in [-0.2, 0) is 12.8 Å². The lowest BCUT2D eigenvalue weighted by atomic mass is 9.45. The third kappa shape index (κ3) is 2.05. The quantitative estimate of drug-likeness (QED) is 0.775. The Balaban J connectivity index is 1.38. The fraction of sp³-hybridized carbons (Fsp3) is 0.810. The van der Waals surface area contributed by atoms with Crippen LogP contribution in [0.5, 0.6) is 0 Å². The number of fused-ring (bicyclic) bond motifs is 7. The number of aliphatic hydroxyl groups is 1. The summed E-state index contributed by atoms with van der Waals surface area (Å²) in [4.78, 5) is 4.77. The molecule has 3 fully saturated rings. The lowest BCUT2D eigenvalue weighted by molar-refractivity contribution is -0.111. The predicted molar refractivity (Wildman–Crippen MR) is 99.9 cm³/mol. The molecular weight excluding hydrogens is 338 g/mol. The lowest BCUT2D eigenvalue weighted by Gasteiger charge is -2.60. The van der Waals surface area contributed by atoms with Crippen LogP contribution in [0.1, 0.15) is 63.6 Å². The van der Waals surface area contributed by atoms with Crippen LogP contribution in [-0.4, -0.2) is 36.2 Å². The summed E-state index contributed by atoms with van der Waals surface area (Å²) in [6.07, 6.45) is 11.5. The van der Waals surface area contributed by atoms with Gasteiger partial charge in [0.15, 0.2) is 0 Å². The maximum Gasteiger partial charge on any atom is 0.273 e. The van der Waals surface area contributed by atoms with Crippen LogP contribution in [0.15, 0.2) is 6.20 Å². The van der Waals surface area contributed by atoms with E-state index in [-0.39, 0.29) is 11.5 Å². The normalized spacial score (nSPS) is 45.8. The van der Waals surface area contributed by atoms with Gasteiger partial charge in [-0.25, -0.2) is 4.98 Å². The summed E-state index contributed by atoms with van der Waals surface area (Å²) in [6, 6.07) is 0. The molecule has 2 aromatic rings. The number of hydrogen-bond donors (Lipinski definition) is 1. The summed E-state index contributed by atoms with van der Waals surface area (Å²) in [6.45, 7) is 4.92. The topological polar surface area (TPSA) is 76.2 Å². The Morgan fingerprint density at radius 3 is 2.81 bits per heavy atom. The van der Waals surface area contributed by atoms with E-state index < -0.39 is 0 Å². The summed E-state index contributed by atoms with van der Waals surface area (Å²) in [5.41, 5.74) is 3.06. The Kier molecular flexibility index (Phi) is 3.21. The zero-order chi connectivity index (χ0) is 18.4. The highest BCUT2D eigenvalue weighted by atomic mass is 16.3. The zero-order valence-electron chi connectivity index (χ0n) is 16.3. The largest absolute Gasteiger partial charge is 0.393 e. The van der Waals surface area contributed by atoms with E-state index in [0.717, 1.165) is 31.1 Å². The Morgan fingerprint density at radius 1 is 1.07 bits per heavy atom. The predicted octanol–water partition coefficient (Wildman–Crippen LogP) is 2.84. The van der Waals surface area contributed by atoms with E-state index in [1.807, 2.05) is 0 Å². The monoisotopic (exact) mass is 367 g/mol. The van der Waals surface area contributed by atoms with Gasteiger partial charge < -0.3 is 5.11 Å². The van der Waals surface area contributed by atoms with Crippen LogP contribution in [0, 0.1) is 34.5 Å². The van der Waals surface area contributed by atoms with Gasteiger partial charge in [0.05, 0.1) is 6.10 Å². The van der Waals surface area contributed by atoms with Crippen molar-refractivity contribution < 1.29 is 5.11 Å². The summed E-state index contributed by atoms with van der Waals surface area (Å²) < 4.78 is 1.73. The second kappa shape index (κ2) is 5.28. The van der Waals surface area contributed by atoms with Crippen LogP contribution in [0.2, 0.25) is 0 Å². The summed E-state index contributed by atoms with van der Waals surface area (Å²) in [5, 5.41) is 22.5. The molecule has 2 heterocycles. The first-order chi connectivity index (χ1) is 13.0. The van der Waals surface area contributed by atoms with Crippen molar-refractivity contribution in [2.75, 3.05) is 0 Å². The first-order valence-corrected chi connectivity index (χ1v) is 10.7. The van der Waals surface area contributed by atoms with Gasteiger partial charge in [-0.05, 0) is 102 Å². The molecule has 0 amide bonds. The van der Waals surface area contributed by atoms with Crippen LogP contribution >= 0.6 is 0 Å². The molecule has 0 saturated heterocycles. The Bertz CT molecular complexity index is 911. The van der Waals surface area contributed by atoms with E-state index in [4.69, 9.17) is 4.98 Å². The molecule has 7 atom stereocenters.